The number of aromatic nitrogens is 1. The van der Waals surface area contributed by atoms with E-state index in [0.717, 1.165) is 21.3 Å². The highest BCUT2D eigenvalue weighted by Crippen LogP contribution is 2.22. The molecule has 1 N–H and O–H groups in total. The topological polar surface area (TPSA) is 49.9 Å². The maximum atomic E-state index is 12.5. The number of thiophene rings is 1. The van der Waals surface area contributed by atoms with Crippen LogP contribution in [0.5, 0.6) is 0 Å². The normalized spacial score (nSPS) is 11.7. The smallest absolute Gasteiger partial charge is 0.260 e. The van der Waals surface area contributed by atoms with Gasteiger partial charge in [-0.25, -0.2) is 0 Å². The van der Waals surface area contributed by atoms with E-state index in [4.69, 9.17) is 0 Å². The fraction of sp³-hybridized carbons (Fsp3) is 0.200. The summed E-state index contributed by atoms with van der Waals surface area (Å²) < 4.78 is 0. The first-order valence-corrected chi connectivity index (χ1v) is 8.78. The van der Waals surface area contributed by atoms with Gasteiger partial charge >= 0.3 is 0 Å². The SMILES string of the molecule is Cc1c(C(=O)/C=C/c2ccc(C(C)C)cc2)c(=O)[nH]c2sccc12. The van der Waals surface area contributed by atoms with Gasteiger partial charge in [0.25, 0.3) is 5.56 Å². The van der Waals surface area contributed by atoms with Gasteiger partial charge in [-0.05, 0) is 47.1 Å². The van der Waals surface area contributed by atoms with Gasteiger partial charge in [-0.1, -0.05) is 44.2 Å². The molecular weight excluding hydrogens is 318 g/mol. The molecule has 3 rings (SSSR count). The van der Waals surface area contributed by atoms with Crippen molar-refractivity contribution in [2.24, 2.45) is 0 Å². The highest BCUT2D eigenvalue weighted by molar-refractivity contribution is 7.16. The van der Waals surface area contributed by atoms with Crippen LogP contribution in [0.25, 0.3) is 16.3 Å². The average Bonchev–Trinajstić information content (AvgIpc) is 3.01. The Hall–Kier alpha value is -2.46. The molecule has 3 aromatic rings. The van der Waals surface area contributed by atoms with Gasteiger partial charge in [0.2, 0.25) is 0 Å². The molecule has 2 aromatic heterocycles. The summed E-state index contributed by atoms with van der Waals surface area (Å²) in [4.78, 5) is 28.3. The summed E-state index contributed by atoms with van der Waals surface area (Å²) in [5.74, 6) is 0.206. The molecule has 2 heterocycles. The van der Waals surface area contributed by atoms with Gasteiger partial charge < -0.3 is 4.98 Å². The van der Waals surface area contributed by atoms with Crippen molar-refractivity contribution in [2.75, 3.05) is 0 Å². The first kappa shape index (κ1) is 16.4. The lowest BCUT2D eigenvalue weighted by atomic mass is 10.0. The lowest BCUT2D eigenvalue weighted by molar-refractivity contribution is 0.104. The number of rotatable bonds is 4. The average molecular weight is 337 g/mol. The lowest BCUT2D eigenvalue weighted by Gasteiger charge is -2.05. The van der Waals surface area contributed by atoms with E-state index in [-0.39, 0.29) is 16.9 Å². The number of aryl methyl sites for hydroxylation is 1. The molecule has 4 heteroatoms. The number of fused-ring (bicyclic) bond motifs is 1. The Morgan fingerprint density at radius 1 is 1.17 bits per heavy atom. The van der Waals surface area contributed by atoms with Crippen molar-refractivity contribution in [2.45, 2.75) is 26.7 Å². The van der Waals surface area contributed by atoms with Gasteiger partial charge in [-0.3, -0.25) is 9.59 Å². The van der Waals surface area contributed by atoms with E-state index in [0.29, 0.717) is 5.92 Å². The Bertz CT molecular complexity index is 975. The third-order valence-electron chi connectivity index (χ3n) is 4.18. The highest BCUT2D eigenvalue weighted by Gasteiger charge is 2.15. The van der Waals surface area contributed by atoms with Crippen molar-refractivity contribution in [1.82, 2.24) is 4.98 Å². The van der Waals surface area contributed by atoms with E-state index in [1.807, 2.05) is 30.5 Å². The van der Waals surface area contributed by atoms with Crippen molar-refractivity contribution < 1.29 is 4.79 Å². The predicted octanol–water partition coefficient (Wildman–Crippen LogP) is 4.92. The molecule has 24 heavy (non-hydrogen) atoms. The van der Waals surface area contributed by atoms with Crippen LogP contribution in [0.2, 0.25) is 0 Å². The van der Waals surface area contributed by atoms with Crippen molar-refractivity contribution in [1.29, 1.82) is 0 Å². The van der Waals surface area contributed by atoms with Gasteiger partial charge in [0, 0.05) is 5.39 Å². The molecule has 0 radical (unpaired) electrons. The molecule has 3 nitrogen and oxygen atoms in total. The van der Waals surface area contributed by atoms with Crippen LogP contribution in [-0.4, -0.2) is 10.8 Å². The number of pyridine rings is 1. The molecule has 0 aliphatic heterocycles. The van der Waals surface area contributed by atoms with Crippen LogP contribution in [0.3, 0.4) is 0 Å². The molecular formula is C20H19NO2S. The van der Waals surface area contributed by atoms with E-state index < -0.39 is 0 Å². The van der Waals surface area contributed by atoms with Crippen LogP contribution in [0.1, 0.15) is 46.8 Å². The third-order valence-corrected chi connectivity index (χ3v) is 5.00. The molecule has 0 fully saturated rings. The van der Waals surface area contributed by atoms with Crippen LogP contribution in [-0.2, 0) is 0 Å². The van der Waals surface area contributed by atoms with E-state index in [2.05, 4.69) is 31.0 Å². The van der Waals surface area contributed by atoms with E-state index >= 15 is 0 Å². The third kappa shape index (κ3) is 3.10. The monoisotopic (exact) mass is 337 g/mol. The second kappa shape index (κ2) is 6.57. The standard InChI is InChI=1S/C20H19NO2S/c1-12(2)15-7-4-14(5-8-15)6-9-17(22)18-13(3)16-10-11-24-20(16)21-19(18)23/h4-12H,1-3H3,(H,21,23)/b9-6+. The van der Waals surface area contributed by atoms with Gasteiger partial charge in [0.15, 0.2) is 5.78 Å². The molecule has 0 bridgehead atoms. The van der Waals surface area contributed by atoms with Crippen LogP contribution in [0, 0.1) is 6.92 Å². The number of hydrogen-bond donors (Lipinski definition) is 1. The fourth-order valence-electron chi connectivity index (χ4n) is 2.72. The molecule has 122 valence electrons. The van der Waals surface area contributed by atoms with E-state index in [9.17, 15) is 9.59 Å². The van der Waals surface area contributed by atoms with Gasteiger partial charge in [0.1, 0.15) is 4.83 Å². The maximum absolute atomic E-state index is 12.5. The quantitative estimate of drug-likeness (QED) is 0.543. The summed E-state index contributed by atoms with van der Waals surface area (Å²) in [6.07, 6.45) is 3.23. The number of carbonyl (C=O) groups excluding carboxylic acids is 1. The number of hydrogen-bond acceptors (Lipinski definition) is 3. The van der Waals surface area contributed by atoms with E-state index in [1.165, 1.54) is 23.0 Å². The number of allylic oxidation sites excluding steroid dienone is 1. The minimum atomic E-state index is -0.327. The molecule has 0 spiro atoms. The first-order chi connectivity index (χ1) is 11.5. The van der Waals surface area contributed by atoms with Crippen molar-refractivity contribution >= 4 is 33.4 Å². The molecule has 1 aromatic carbocycles. The molecule has 0 saturated heterocycles. The van der Waals surface area contributed by atoms with Gasteiger partial charge in [-0.2, -0.15) is 0 Å². The Kier molecular flexibility index (Phi) is 4.49. The number of benzene rings is 1. The number of H-pyrrole nitrogens is 1. The van der Waals surface area contributed by atoms with Gasteiger partial charge in [0.05, 0.1) is 5.56 Å². The summed E-state index contributed by atoms with van der Waals surface area (Å²) in [5.41, 5.74) is 2.83. The zero-order valence-corrected chi connectivity index (χ0v) is 14.7. The first-order valence-electron chi connectivity index (χ1n) is 7.90. The van der Waals surface area contributed by atoms with Crippen LogP contribution in [0.15, 0.2) is 46.6 Å². The molecule has 0 aliphatic carbocycles. The summed E-state index contributed by atoms with van der Waals surface area (Å²) in [7, 11) is 0. The Balaban J connectivity index is 1.91. The fourth-order valence-corrected chi connectivity index (χ4v) is 3.56. The van der Waals surface area contributed by atoms with Crippen molar-refractivity contribution in [3.63, 3.8) is 0 Å². The van der Waals surface area contributed by atoms with E-state index in [1.54, 1.807) is 6.08 Å². The number of nitrogens with one attached hydrogen (secondary N) is 1. The zero-order chi connectivity index (χ0) is 17.3. The molecule has 0 aliphatic rings. The number of aromatic amines is 1. The summed E-state index contributed by atoms with van der Waals surface area (Å²) in [6.45, 7) is 6.11. The molecule has 0 atom stereocenters. The Labute approximate surface area is 144 Å². The van der Waals surface area contributed by atoms with Gasteiger partial charge in [-0.15, -0.1) is 11.3 Å². The second-order valence-electron chi connectivity index (χ2n) is 6.14. The van der Waals surface area contributed by atoms with Crippen LogP contribution < -0.4 is 5.56 Å². The lowest BCUT2D eigenvalue weighted by Crippen LogP contribution is -2.18. The highest BCUT2D eigenvalue weighted by atomic mass is 32.1. The molecule has 0 unspecified atom stereocenters. The maximum Gasteiger partial charge on any atom is 0.260 e. The summed E-state index contributed by atoms with van der Waals surface area (Å²) >= 11 is 1.46. The number of ketones is 1. The van der Waals surface area contributed by atoms with Crippen LogP contribution >= 0.6 is 11.3 Å². The Morgan fingerprint density at radius 2 is 1.88 bits per heavy atom. The minimum Gasteiger partial charge on any atom is -0.313 e. The Morgan fingerprint density at radius 3 is 2.54 bits per heavy atom. The second-order valence-corrected chi connectivity index (χ2v) is 7.05. The number of carbonyl (C=O) groups is 1. The van der Waals surface area contributed by atoms with Crippen LogP contribution in [0.4, 0.5) is 0 Å². The largest absolute Gasteiger partial charge is 0.313 e. The summed E-state index contributed by atoms with van der Waals surface area (Å²) in [5, 5.41) is 2.84. The predicted molar refractivity (Wildman–Crippen MR) is 101 cm³/mol. The van der Waals surface area contributed by atoms with Crippen molar-refractivity contribution in [3.05, 3.63) is 74.4 Å². The minimum absolute atomic E-state index is 0.218. The zero-order valence-electron chi connectivity index (χ0n) is 13.9. The molecule has 0 amide bonds. The molecule has 0 saturated carbocycles. The van der Waals surface area contributed by atoms with Crippen molar-refractivity contribution in [3.8, 4) is 0 Å². The summed E-state index contributed by atoms with van der Waals surface area (Å²) in [6, 6.07) is 10.0.